The van der Waals surface area contributed by atoms with E-state index >= 15 is 0 Å². The molecule has 30 heavy (non-hydrogen) atoms. The highest BCUT2D eigenvalue weighted by Gasteiger charge is 2.25. The van der Waals surface area contributed by atoms with Crippen LogP contribution in [0.25, 0.3) is 0 Å². The van der Waals surface area contributed by atoms with Crippen LogP contribution in [0.15, 0.2) is 21.2 Å². The number of ether oxygens (including phenoxy) is 2. The summed E-state index contributed by atoms with van der Waals surface area (Å²) in [6.45, 7) is 0.844. The number of urea groups is 1. The van der Waals surface area contributed by atoms with Crippen molar-refractivity contribution < 1.29 is 18.5 Å². The smallest absolute Gasteiger partial charge is 0.353 e. The first kappa shape index (κ1) is 20.9. The predicted octanol–water partition coefficient (Wildman–Crippen LogP) is 2.70. The average Bonchev–Trinajstić information content (AvgIpc) is 3.33. The van der Waals surface area contributed by atoms with E-state index in [-0.39, 0.29) is 16.9 Å². The summed E-state index contributed by atoms with van der Waals surface area (Å²) in [4.78, 5) is 12.7. The Morgan fingerprint density at radius 2 is 2.00 bits per heavy atom. The topological polar surface area (TPSA) is 113 Å². The van der Waals surface area contributed by atoms with Gasteiger partial charge in [-0.2, -0.15) is 0 Å². The first-order valence-electron chi connectivity index (χ1n) is 10.4. The maximum absolute atomic E-state index is 12.8. The summed E-state index contributed by atoms with van der Waals surface area (Å²) in [6, 6.07) is 1.64. The number of rotatable bonds is 4. The number of hydrogen-bond acceptors (Lipinski definition) is 6. The number of aryl methyl sites for hydroxylation is 2. The van der Waals surface area contributed by atoms with Crippen molar-refractivity contribution in [2.75, 3.05) is 25.6 Å². The van der Waals surface area contributed by atoms with Crippen molar-refractivity contribution in [2.24, 2.45) is 4.36 Å². The third-order valence-electron chi connectivity index (χ3n) is 5.97. The van der Waals surface area contributed by atoms with Gasteiger partial charge in [0.25, 0.3) is 0 Å². The molecule has 0 bridgehead atoms. The molecule has 0 radical (unpaired) electrons. The van der Waals surface area contributed by atoms with Crippen LogP contribution < -0.4 is 10.6 Å². The number of carbonyl (C=O) groups excluding carboxylic acids is 1. The lowest BCUT2D eigenvalue weighted by Gasteiger charge is -2.15. The standard InChI is InChI=1S/C21H28N4O4S/c1-28-15-8-9-29-20(23-12-15)18(11-22)30(27)25-21(26)24-19-16-6-2-4-13(16)10-14-5-3-7-17(14)19/h10-11,15,22-23,30H,2-9,12H2,1H3,(H,24,26)/b20-18-,22-11?/t15-/m1/s1. The Bertz CT molecular complexity index is 949. The van der Waals surface area contributed by atoms with Gasteiger partial charge in [0.2, 0.25) is 5.88 Å². The van der Waals surface area contributed by atoms with E-state index in [4.69, 9.17) is 14.9 Å². The summed E-state index contributed by atoms with van der Waals surface area (Å²) in [5.74, 6) is 0.226. The lowest BCUT2D eigenvalue weighted by atomic mass is 9.99. The summed E-state index contributed by atoms with van der Waals surface area (Å²) in [5.41, 5.74) is 5.87. The van der Waals surface area contributed by atoms with Crippen molar-refractivity contribution >= 4 is 28.5 Å². The second-order valence-corrected chi connectivity index (χ2v) is 9.00. The van der Waals surface area contributed by atoms with Gasteiger partial charge in [-0.05, 0) is 60.8 Å². The number of methoxy groups -OCH3 is 1. The van der Waals surface area contributed by atoms with Crippen LogP contribution in [0.1, 0.15) is 41.5 Å². The molecule has 0 spiro atoms. The number of anilines is 1. The molecule has 1 fully saturated rings. The van der Waals surface area contributed by atoms with Gasteiger partial charge in [0.1, 0.15) is 4.91 Å². The number of amides is 2. The molecular formula is C21H28N4O4S. The molecule has 0 aromatic heterocycles. The maximum atomic E-state index is 12.8. The molecule has 1 heterocycles. The second-order valence-electron chi connectivity index (χ2n) is 7.77. The van der Waals surface area contributed by atoms with Crippen molar-refractivity contribution in [3.05, 3.63) is 39.1 Å². The van der Waals surface area contributed by atoms with Crippen LogP contribution in [0.3, 0.4) is 0 Å². The molecule has 2 amide bonds. The zero-order chi connectivity index (χ0) is 21.1. The molecule has 1 unspecified atom stereocenters. The van der Waals surface area contributed by atoms with Crippen LogP contribution in [0.4, 0.5) is 10.5 Å². The third kappa shape index (κ3) is 4.22. The van der Waals surface area contributed by atoms with E-state index in [2.05, 4.69) is 21.1 Å². The van der Waals surface area contributed by atoms with Gasteiger partial charge in [0.15, 0.2) is 0 Å². The van der Waals surface area contributed by atoms with Crippen LogP contribution in [0.5, 0.6) is 0 Å². The van der Waals surface area contributed by atoms with Crippen molar-refractivity contribution in [3.63, 3.8) is 0 Å². The zero-order valence-corrected chi connectivity index (χ0v) is 18.0. The lowest BCUT2D eigenvalue weighted by molar-refractivity contribution is 0.0910. The van der Waals surface area contributed by atoms with Gasteiger partial charge < -0.3 is 25.5 Å². The first-order chi connectivity index (χ1) is 14.6. The van der Waals surface area contributed by atoms with Gasteiger partial charge >= 0.3 is 6.03 Å². The molecule has 2 atom stereocenters. The Labute approximate surface area is 178 Å². The molecule has 1 saturated heterocycles. The number of nitrogens with zero attached hydrogens (tertiary/aromatic N) is 1. The van der Waals surface area contributed by atoms with Crippen LogP contribution in [-0.4, -0.2) is 42.8 Å². The summed E-state index contributed by atoms with van der Waals surface area (Å²) < 4.78 is 27.5. The molecule has 0 saturated carbocycles. The largest absolute Gasteiger partial charge is 0.478 e. The fourth-order valence-electron chi connectivity index (χ4n) is 4.46. The fourth-order valence-corrected chi connectivity index (χ4v) is 5.21. The zero-order valence-electron chi connectivity index (χ0n) is 17.1. The van der Waals surface area contributed by atoms with Crippen LogP contribution in [-0.2, 0) is 45.8 Å². The van der Waals surface area contributed by atoms with E-state index < -0.39 is 16.6 Å². The molecule has 3 N–H and O–H groups in total. The quantitative estimate of drug-likeness (QED) is 0.432. The molecule has 1 aromatic carbocycles. The monoisotopic (exact) mass is 432 g/mol. The van der Waals surface area contributed by atoms with E-state index in [1.807, 2.05) is 0 Å². The number of carbonyl (C=O) groups is 1. The Morgan fingerprint density at radius 1 is 1.30 bits per heavy atom. The minimum atomic E-state index is -2.47. The summed E-state index contributed by atoms with van der Waals surface area (Å²) in [5, 5.41) is 13.6. The van der Waals surface area contributed by atoms with Crippen LogP contribution in [0.2, 0.25) is 0 Å². The van der Waals surface area contributed by atoms with E-state index in [1.165, 1.54) is 22.3 Å². The SMILES string of the molecule is CO[C@@H]1CCO/C(=C(C=N)\[SH](=O)=N/C(=O)Nc2c3c(cc4c2CCC4)CCC3)NC1. The molecule has 9 heteroatoms. The van der Waals surface area contributed by atoms with Gasteiger partial charge in [0.05, 0.1) is 23.3 Å². The van der Waals surface area contributed by atoms with Crippen LogP contribution in [0, 0.1) is 5.41 Å². The first-order valence-corrected chi connectivity index (χ1v) is 11.6. The average molecular weight is 433 g/mol. The highest BCUT2D eigenvalue weighted by atomic mass is 32.2. The highest BCUT2D eigenvalue weighted by Crippen LogP contribution is 2.38. The molecule has 4 rings (SSSR count). The molecule has 3 aliphatic rings. The Balaban J connectivity index is 1.57. The number of allylic oxidation sites excluding steroid dienone is 1. The molecular weight excluding hydrogens is 404 g/mol. The minimum absolute atomic E-state index is 0.0325. The third-order valence-corrected chi connectivity index (χ3v) is 7.08. The van der Waals surface area contributed by atoms with Gasteiger partial charge in [-0.15, -0.1) is 4.36 Å². The molecule has 2 aliphatic carbocycles. The van der Waals surface area contributed by atoms with Crippen molar-refractivity contribution in [1.29, 1.82) is 5.41 Å². The van der Waals surface area contributed by atoms with Crippen molar-refractivity contribution in [2.45, 2.75) is 51.0 Å². The second kappa shape index (κ2) is 9.18. The Kier molecular flexibility index (Phi) is 6.38. The van der Waals surface area contributed by atoms with Crippen molar-refractivity contribution in [3.8, 4) is 0 Å². The van der Waals surface area contributed by atoms with Crippen molar-refractivity contribution in [1.82, 2.24) is 5.32 Å². The number of thiol groups is 1. The molecule has 1 aliphatic heterocycles. The minimum Gasteiger partial charge on any atom is -0.478 e. The van der Waals surface area contributed by atoms with Gasteiger partial charge in [-0.1, -0.05) is 6.07 Å². The van der Waals surface area contributed by atoms with Gasteiger partial charge in [-0.25, -0.2) is 9.00 Å². The van der Waals surface area contributed by atoms with Gasteiger partial charge in [0, 0.05) is 32.0 Å². The number of nitrogens with one attached hydrogen (secondary N) is 3. The van der Waals surface area contributed by atoms with E-state index in [1.54, 1.807) is 7.11 Å². The molecule has 1 aromatic rings. The highest BCUT2D eigenvalue weighted by molar-refractivity contribution is 7.80. The van der Waals surface area contributed by atoms with Gasteiger partial charge in [-0.3, -0.25) is 0 Å². The van der Waals surface area contributed by atoms with E-state index in [9.17, 15) is 9.00 Å². The number of fused-ring (bicyclic) bond motifs is 2. The molecule has 8 nitrogen and oxygen atoms in total. The molecule has 162 valence electrons. The fraction of sp³-hybridized carbons (Fsp3) is 0.524. The Morgan fingerprint density at radius 3 is 2.63 bits per heavy atom. The Hall–Kier alpha value is -2.39. The number of benzene rings is 1. The normalized spacial score (nSPS) is 22.9. The lowest BCUT2D eigenvalue weighted by Crippen LogP contribution is -2.26. The summed E-state index contributed by atoms with van der Waals surface area (Å²) >= 11 is 0. The number of hydrogen-bond donors (Lipinski definition) is 4. The summed E-state index contributed by atoms with van der Waals surface area (Å²) in [6.07, 6.45) is 7.70. The summed E-state index contributed by atoms with van der Waals surface area (Å²) in [7, 11) is -0.853. The van der Waals surface area contributed by atoms with Crippen LogP contribution >= 0.6 is 0 Å². The maximum Gasteiger partial charge on any atom is 0.353 e. The van der Waals surface area contributed by atoms with E-state index in [0.717, 1.165) is 50.4 Å². The predicted molar refractivity (Wildman–Crippen MR) is 117 cm³/mol. The van der Waals surface area contributed by atoms with E-state index in [0.29, 0.717) is 19.6 Å².